The molecule has 0 aliphatic rings. The summed E-state index contributed by atoms with van der Waals surface area (Å²) in [5.41, 5.74) is 4.26. The monoisotopic (exact) mass is 224 g/mol. The highest BCUT2D eigenvalue weighted by Crippen LogP contribution is 2.28. The summed E-state index contributed by atoms with van der Waals surface area (Å²) in [5, 5.41) is 0. The quantitative estimate of drug-likeness (QED) is 0.725. The van der Waals surface area contributed by atoms with Gasteiger partial charge in [0, 0.05) is 5.56 Å². The second-order valence-electron chi connectivity index (χ2n) is 3.84. The fourth-order valence-electron chi connectivity index (χ4n) is 1.99. The Morgan fingerprint density at radius 1 is 1.12 bits per heavy atom. The van der Waals surface area contributed by atoms with E-state index in [9.17, 15) is 0 Å². The lowest BCUT2D eigenvalue weighted by Crippen LogP contribution is -1.84. The lowest BCUT2D eigenvalue weighted by molar-refractivity contribution is 0.415. The Labute approximate surface area is 99.1 Å². The van der Waals surface area contributed by atoms with Crippen molar-refractivity contribution in [1.29, 1.82) is 0 Å². The number of H-pyrrole nitrogens is 1. The topological polar surface area (TPSA) is 37.9 Å². The normalized spacial score (nSPS) is 10.6. The number of hydrogen-bond donors (Lipinski definition) is 1. The molecule has 0 aliphatic heterocycles. The van der Waals surface area contributed by atoms with Crippen LogP contribution < -0.4 is 4.74 Å². The summed E-state index contributed by atoms with van der Waals surface area (Å²) in [6.45, 7) is 0. The summed E-state index contributed by atoms with van der Waals surface area (Å²) in [5.74, 6) is 0.857. The molecule has 0 bridgehead atoms. The molecule has 3 rings (SSSR count). The van der Waals surface area contributed by atoms with Gasteiger partial charge in [0.15, 0.2) is 0 Å². The number of aromatic amines is 1. The first-order valence-corrected chi connectivity index (χ1v) is 5.45. The Balaban J connectivity index is 2.23. The number of fused-ring (bicyclic) bond motifs is 1. The Bertz CT molecular complexity index is 658. The Morgan fingerprint density at radius 2 is 2.00 bits per heavy atom. The van der Waals surface area contributed by atoms with Gasteiger partial charge >= 0.3 is 0 Å². The fraction of sp³-hybridized carbons (Fsp3) is 0.0714. The van der Waals surface area contributed by atoms with E-state index in [1.807, 2.05) is 30.3 Å². The van der Waals surface area contributed by atoms with Crippen molar-refractivity contribution in [2.24, 2.45) is 0 Å². The number of hydrogen-bond acceptors (Lipinski definition) is 2. The highest BCUT2D eigenvalue weighted by atomic mass is 16.5. The summed E-state index contributed by atoms with van der Waals surface area (Å²) < 4.78 is 5.24. The second kappa shape index (κ2) is 3.94. The number of nitrogens with one attached hydrogen (secondary N) is 1. The van der Waals surface area contributed by atoms with Gasteiger partial charge in [-0.25, -0.2) is 4.98 Å². The van der Waals surface area contributed by atoms with Gasteiger partial charge in [0.2, 0.25) is 0 Å². The lowest BCUT2D eigenvalue weighted by Gasteiger charge is -2.05. The van der Waals surface area contributed by atoms with Crippen molar-refractivity contribution in [2.75, 3.05) is 7.11 Å². The number of methoxy groups -OCH3 is 1. The lowest BCUT2D eigenvalue weighted by atomic mass is 10.0. The Morgan fingerprint density at radius 3 is 2.88 bits per heavy atom. The molecule has 0 saturated heterocycles. The first-order chi connectivity index (χ1) is 8.38. The highest BCUT2D eigenvalue weighted by Gasteiger charge is 2.06. The van der Waals surface area contributed by atoms with Crippen LogP contribution in [0.25, 0.3) is 22.2 Å². The average molecular weight is 224 g/mol. The summed E-state index contributed by atoms with van der Waals surface area (Å²) in [4.78, 5) is 7.47. The van der Waals surface area contributed by atoms with Gasteiger partial charge in [0.25, 0.3) is 0 Å². The van der Waals surface area contributed by atoms with Gasteiger partial charge in [-0.1, -0.05) is 24.3 Å². The van der Waals surface area contributed by atoms with Crippen molar-refractivity contribution in [1.82, 2.24) is 9.97 Å². The molecular formula is C14H12N2O. The molecular weight excluding hydrogens is 212 g/mol. The Hall–Kier alpha value is -2.29. The van der Waals surface area contributed by atoms with Crippen molar-refractivity contribution >= 4 is 11.0 Å². The molecule has 0 amide bonds. The summed E-state index contributed by atoms with van der Waals surface area (Å²) >= 11 is 0. The van der Waals surface area contributed by atoms with Crippen LogP contribution in [0.15, 0.2) is 48.8 Å². The number of benzene rings is 2. The van der Waals surface area contributed by atoms with E-state index in [2.05, 4.69) is 22.1 Å². The average Bonchev–Trinajstić information content (AvgIpc) is 2.87. The van der Waals surface area contributed by atoms with Crippen LogP contribution in [-0.4, -0.2) is 17.1 Å². The molecule has 1 heterocycles. The number of aromatic nitrogens is 2. The second-order valence-corrected chi connectivity index (χ2v) is 3.84. The fourth-order valence-corrected chi connectivity index (χ4v) is 1.99. The molecule has 3 heteroatoms. The third-order valence-corrected chi connectivity index (χ3v) is 2.83. The van der Waals surface area contributed by atoms with Crippen LogP contribution in [0.2, 0.25) is 0 Å². The number of nitrogens with zero attached hydrogens (tertiary/aromatic N) is 1. The van der Waals surface area contributed by atoms with Gasteiger partial charge in [0.1, 0.15) is 5.75 Å². The molecule has 0 atom stereocenters. The van der Waals surface area contributed by atoms with Crippen LogP contribution in [0.1, 0.15) is 0 Å². The number of para-hydroxylation sites is 1. The highest BCUT2D eigenvalue weighted by molar-refractivity contribution is 5.91. The minimum atomic E-state index is 0.857. The molecule has 0 saturated carbocycles. The van der Waals surface area contributed by atoms with Gasteiger partial charge in [0.05, 0.1) is 24.5 Å². The number of rotatable bonds is 2. The molecule has 84 valence electrons. The van der Waals surface area contributed by atoms with E-state index in [0.717, 1.165) is 27.9 Å². The molecule has 3 aromatic rings. The predicted octanol–water partition coefficient (Wildman–Crippen LogP) is 3.24. The summed E-state index contributed by atoms with van der Waals surface area (Å²) in [6, 6.07) is 14.1. The maximum atomic E-state index is 5.24. The first-order valence-electron chi connectivity index (χ1n) is 5.45. The molecule has 0 fully saturated rings. The Kier molecular flexibility index (Phi) is 2.29. The molecule has 0 aliphatic carbocycles. The van der Waals surface area contributed by atoms with E-state index in [0.29, 0.717) is 0 Å². The molecule has 0 unspecified atom stereocenters. The van der Waals surface area contributed by atoms with E-state index in [1.54, 1.807) is 13.4 Å². The zero-order chi connectivity index (χ0) is 11.7. The molecule has 3 nitrogen and oxygen atoms in total. The maximum Gasteiger partial charge on any atom is 0.119 e. The molecule has 0 radical (unpaired) electrons. The number of imidazole rings is 1. The van der Waals surface area contributed by atoms with Crippen molar-refractivity contribution in [3.8, 4) is 16.9 Å². The van der Waals surface area contributed by atoms with E-state index in [4.69, 9.17) is 4.74 Å². The summed E-state index contributed by atoms with van der Waals surface area (Å²) in [6.07, 6.45) is 1.72. The SMILES string of the molecule is COc1cccc(-c2cccc3[nH]cnc23)c1. The first kappa shape index (κ1) is 9.90. The summed E-state index contributed by atoms with van der Waals surface area (Å²) in [7, 11) is 1.67. The largest absolute Gasteiger partial charge is 0.497 e. The third kappa shape index (κ3) is 1.65. The third-order valence-electron chi connectivity index (χ3n) is 2.83. The van der Waals surface area contributed by atoms with Crippen LogP contribution >= 0.6 is 0 Å². The zero-order valence-corrected chi connectivity index (χ0v) is 9.47. The van der Waals surface area contributed by atoms with Gasteiger partial charge in [-0.05, 0) is 23.8 Å². The van der Waals surface area contributed by atoms with Crippen molar-refractivity contribution in [3.05, 3.63) is 48.8 Å². The zero-order valence-electron chi connectivity index (χ0n) is 9.47. The van der Waals surface area contributed by atoms with Gasteiger partial charge < -0.3 is 9.72 Å². The van der Waals surface area contributed by atoms with Crippen LogP contribution in [0.3, 0.4) is 0 Å². The predicted molar refractivity (Wildman–Crippen MR) is 68.1 cm³/mol. The van der Waals surface area contributed by atoms with Crippen molar-refractivity contribution < 1.29 is 4.74 Å². The van der Waals surface area contributed by atoms with E-state index >= 15 is 0 Å². The minimum absolute atomic E-state index is 0.857. The van der Waals surface area contributed by atoms with Gasteiger partial charge in [-0.15, -0.1) is 0 Å². The van der Waals surface area contributed by atoms with E-state index in [-0.39, 0.29) is 0 Å². The van der Waals surface area contributed by atoms with Crippen LogP contribution in [0.5, 0.6) is 5.75 Å². The maximum absolute atomic E-state index is 5.24. The minimum Gasteiger partial charge on any atom is -0.497 e. The van der Waals surface area contributed by atoms with Crippen molar-refractivity contribution in [2.45, 2.75) is 0 Å². The van der Waals surface area contributed by atoms with Gasteiger partial charge in [-0.2, -0.15) is 0 Å². The molecule has 0 spiro atoms. The van der Waals surface area contributed by atoms with Crippen LogP contribution in [-0.2, 0) is 0 Å². The molecule has 1 N–H and O–H groups in total. The van der Waals surface area contributed by atoms with Crippen LogP contribution in [0.4, 0.5) is 0 Å². The van der Waals surface area contributed by atoms with Gasteiger partial charge in [-0.3, -0.25) is 0 Å². The molecule has 2 aromatic carbocycles. The standard InChI is InChI=1S/C14H12N2O/c1-17-11-5-2-4-10(8-11)12-6-3-7-13-14(12)16-9-15-13/h2-9H,1H3,(H,15,16). The van der Waals surface area contributed by atoms with Crippen LogP contribution in [0, 0.1) is 0 Å². The van der Waals surface area contributed by atoms with E-state index in [1.165, 1.54) is 0 Å². The molecule has 17 heavy (non-hydrogen) atoms. The number of ether oxygens (including phenoxy) is 1. The molecule has 1 aromatic heterocycles. The van der Waals surface area contributed by atoms with Crippen molar-refractivity contribution in [3.63, 3.8) is 0 Å². The van der Waals surface area contributed by atoms with E-state index < -0.39 is 0 Å². The smallest absolute Gasteiger partial charge is 0.119 e.